The number of para-hydroxylation sites is 1. The molecule has 0 atom stereocenters. The molecule has 0 aliphatic carbocycles. The number of benzene rings is 2. The molecule has 0 radical (unpaired) electrons. The van der Waals surface area contributed by atoms with Gasteiger partial charge in [0.25, 0.3) is 11.8 Å². The Bertz CT molecular complexity index is 1050. The number of nitrogens with one attached hydrogen (secondary N) is 2. The highest BCUT2D eigenvalue weighted by Crippen LogP contribution is 2.32. The molecule has 2 amide bonds. The average Bonchev–Trinajstić information content (AvgIpc) is 3.31. The van der Waals surface area contributed by atoms with Crippen LogP contribution in [0.4, 0.5) is 5.69 Å². The first-order valence-corrected chi connectivity index (χ1v) is 9.24. The van der Waals surface area contributed by atoms with Crippen molar-refractivity contribution in [2.75, 3.05) is 12.4 Å². The minimum atomic E-state index is -0.457. The molecule has 0 fully saturated rings. The van der Waals surface area contributed by atoms with Crippen LogP contribution in [0.25, 0.3) is 16.7 Å². The first-order chi connectivity index (χ1) is 13.2. The molecule has 6 heteroatoms. The van der Waals surface area contributed by atoms with E-state index < -0.39 is 11.8 Å². The zero-order valence-corrected chi connectivity index (χ0v) is 15.3. The van der Waals surface area contributed by atoms with Crippen molar-refractivity contribution in [1.29, 1.82) is 0 Å². The van der Waals surface area contributed by atoms with Crippen LogP contribution < -0.4 is 15.4 Å². The zero-order chi connectivity index (χ0) is 18.8. The van der Waals surface area contributed by atoms with E-state index in [2.05, 4.69) is 16.0 Å². The Balaban J connectivity index is 1.77. The number of imide groups is 1. The summed E-state index contributed by atoms with van der Waals surface area (Å²) in [5.74, 6) is -0.369. The number of hydrogen-bond acceptors (Lipinski definition) is 5. The molecular weight excluding hydrogens is 360 g/mol. The van der Waals surface area contributed by atoms with Gasteiger partial charge in [0.15, 0.2) is 0 Å². The number of amides is 2. The number of carbonyl (C=O) groups is 2. The molecule has 4 rings (SSSR count). The molecule has 0 spiro atoms. The molecule has 2 N–H and O–H groups in total. The Morgan fingerprint density at radius 1 is 0.963 bits per heavy atom. The summed E-state index contributed by atoms with van der Waals surface area (Å²) in [5.41, 5.74) is 3.93. The van der Waals surface area contributed by atoms with Crippen LogP contribution in [0.3, 0.4) is 0 Å². The molecule has 0 bridgehead atoms. The molecule has 1 aliphatic heterocycles. The number of hydrogen-bond donors (Lipinski definition) is 2. The summed E-state index contributed by atoms with van der Waals surface area (Å²) in [7, 11) is 1.53. The van der Waals surface area contributed by atoms with E-state index in [0.717, 1.165) is 16.8 Å². The lowest BCUT2D eigenvalue weighted by atomic mass is 10.0. The van der Waals surface area contributed by atoms with Crippen LogP contribution in [0.5, 0.6) is 5.75 Å². The van der Waals surface area contributed by atoms with E-state index in [9.17, 15) is 9.59 Å². The Hall–Kier alpha value is -3.38. The second kappa shape index (κ2) is 7.09. The number of anilines is 1. The Kier molecular flexibility index (Phi) is 4.48. The van der Waals surface area contributed by atoms with Crippen LogP contribution in [0.15, 0.2) is 71.1 Å². The van der Waals surface area contributed by atoms with E-state index in [1.165, 1.54) is 7.11 Å². The maximum atomic E-state index is 12.4. The van der Waals surface area contributed by atoms with E-state index in [-0.39, 0.29) is 11.3 Å². The molecule has 1 aromatic heterocycles. The summed E-state index contributed by atoms with van der Waals surface area (Å²) >= 11 is 1.62. The van der Waals surface area contributed by atoms with Crippen molar-refractivity contribution in [1.82, 2.24) is 5.32 Å². The smallest absolute Gasteiger partial charge is 0.275 e. The lowest BCUT2D eigenvalue weighted by Gasteiger charge is -2.11. The van der Waals surface area contributed by atoms with Crippen LogP contribution in [0.2, 0.25) is 0 Å². The number of thiophene rings is 1. The quantitative estimate of drug-likeness (QED) is 0.663. The van der Waals surface area contributed by atoms with E-state index in [1.807, 2.05) is 41.8 Å². The standard InChI is InChI=1S/C21H16N2O3S/c1-26-17-8-3-2-7-16(17)18-19(21(25)23-20(18)24)22-15-6-4-5-13(11-15)14-9-10-27-12-14/h2-12H,1H3,(H2,22,23,24,25). The van der Waals surface area contributed by atoms with Crippen molar-refractivity contribution in [3.8, 4) is 16.9 Å². The van der Waals surface area contributed by atoms with Crippen LogP contribution in [-0.4, -0.2) is 18.9 Å². The highest BCUT2D eigenvalue weighted by Gasteiger charge is 2.33. The van der Waals surface area contributed by atoms with Gasteiger partial charge in [0.05, 0.1) is 12.7 Å². The summed E-state index contributed by atoms with van der Waals surface area (Å²) in [6.07, 6.45) is 0. The number of ether oxygens (including phenoxy) is 1. The van der Waals surface area contributed by atoms with Gasteiger partial charge in [0, 0.05) is 11.3 Å². The van der Waals surface area contributed by atoms with Crippen LogP contribution >= 0.6 is 11.3 Å². The van der Waals surface area contributed by atoms with Gasteiger partial charge in [-0.2, -0.15) is 11.3 Å². The molecule has 3 aromatic rings. The topological polar surface area (TPSA) is 67.4 Å². The molecular formula is C21H16N2O3S. The van der Waals surface area contributed by atoms with Crippen molar-refractivity contribution in [2.24, 2.45) is 0 Å². The molecule has 27 heavy (non-hydrogen) atoms. The van der Waals surface area contributed by atoms with Gasteiger partial charge < -0.3 is 10.1 Å². The molecule has 2 heterocycles. The first kappa shape index (κ1) is 17.1. The summed E-state index contributed by atoms with van der Waals surface area (Å²) < 4.78 is 5.36. The zero-order valence-electron chi connectivity index (χ0n) is 14.5. The molecule has 1 aliphatic rings. The lowest BCUT2D eigenvalue weighted by Crippen LogP contribution is -2.24. The largest absolute Gasteiger partial charge is 0.496 e. The third-order valence-electron chi connectivity index (χ3n) is 4.29. The van der Waals surface area contributed by atoms with E-state index in [1.54, 1.807) is 29.5 Å². The van der Waals surface area contributed by atoms with E-state index >= 15 is 0 Å². The summed E-state index contributed by atoms with van der Waals surface area (Å²) in [6.45, 7) is 0. The Labute approximate surface area is 160 Å². The van der Waals surface area contributed by atoms with E-state index in [4.69, 9.17) is 4.74 Å². The van der Waals surface area contributed by atoms with Crippen LogP contribution in [0, 0.1) is 0 Å². The van der Waals surface area contributed by atoms with Gasteiger partial charge >= 0.3 is 0 Å². The summed E-state index contributed by atoms with van der Waals surface area (Å²) in [6, 6.07) is 16.9. The molecule has 0 saturated heterocycles. The third-order valence-corrected chi connectivity index (χ3v) is 4.98. The maximum Gasteiger partial charge on any atom is 0.275 e. The summed E-state index contributed by atoms with van der Waals surface area (Å²) in [5, 5.41) is 9.55. The van der Waals surface area contributed by atoms with Gasteiger partial charge in [-0.1, -0.05) is 30.3 Å². The fourth-order valence-corrected chi connectivity index (χ4v) is 3.70. The third kappa shape index (κ3) is 3.22. The number of carbonyl (C=O) groups excluding carboxylic acids is 2. The molecule has 0 unspecified atom stereocenters. The minimum Gasteiger partial charge on any atom is -0.496 e. The highest BCUT2D eigenvalue weighted by atomic mass is 32.1. The molecule has 5 nitrogen and oxygen atoms in total. The Morgan fingerprint density at radius 2 is 1.81 bits per heavy atom. The highest BCUT2D eigenvalue weighted by molar-refractivity contribution is 7.08. The fraction of sp³-hybridized carbons (Fsp3) is 0.0476. The number of methoxy groups -OCH3 is 1. The van der Waals surface area contributed by atoms with Gasteiger partial charge in [0.2, 0.25) is 0 Å². The van der Waals surface area contributed by atoms with E-state index in [0.29, 0.717) is 11.3 Å². The van der Waals surface area contributed by atoms with Crippen molar-refractivity contribution >= 4 is 34.4 Å². The minimum absolute atomic E-state index is 0.215. The fourth-order valence-electron chi connectivity index (χ4n) is 3.03. The van der Waals surface area contributed by atoms with Crippen molar-refractivity contribution < 1.29 is 14.3 Å². The lowest BCUT2D eigenvalue weighted by molar-refractivity contribution is -0.123. The predicted octanol–water partition coefficient (Wildman–Crippen LogP) is 3.90. The number of rotatable bonds is 5. The van der Waals surface area contributed by atoms with Crippen molar-refractivity contribution in [2.45, 2.75) is 0 Å². The van der Waals surface area contributed by atoms with Crippen molar-refractivity contribution in [3.63, 3.8) is 0 Å². The van der Waals surface area contributed by atoms with Gasteiger partial charge in [-0.3, -0.25) is 14.9 Å². The Morgan fingerprint density at radius 3 is 2.59 bits per heavy atom. The predicted molar refractivity (Wildman–Crippen MR) is 106 cm³/mol. The van der Waals surface area contributed by atoms with Crippen molar-refractivity contribution in [3.05, 3.63) is 76.6 Å². The van der Waals surface area contributed by atoms with Crippen LogP contribution in [-0.2, 0) is 9.59 Å². The first-order valence-electron chi connectivity index (χ1n) is 8.30. The average molecular weight is 376 g/mol. The molecule has 134 valence electrons. The molecule has 2 aromatic carbocycles. The SMILES string of the molecule is COc1ccccc1C1=C(Nc2cccc(-c3ccsc3)c2)C(=O)NC1=O. The van der Waals surface area contributed by atoms with Crippen LogP contribution in [0.1, 0.15) is 5.56 Å². The normalized spacial score (nSPS) is 13.7. The van der Waals surface area contributed by atoms with Gasteiger partial charge in [0.1, 0.15) is 11.4 Å². The second-order valence-electron chi connectivity index (χ2n) is 5.95. The van der Waals surface area contributed by atoms with Gasteiger partial charge in [-0.05, 0) is 46.2 Å². The maximum absolute atomic E-state index is 12.4. The monoisotopic (exact) mass is 376 g/mol. The second-order valence-corrected chi connectivity index (χ2v) is 6.73. The summed E-state index contributed by atoms with van der Waals surface area (Å²) in [4.78, 5) is 24.8. The van der Waals surface area contributed by atoms with Gasteiger partial charge in [-0.25, -0.2) is 0 Å². The van der Waals surface area contributed by atoms with Gasteiger partial charge in [-0.15, -0.1) is 0 Å². The molecule has 0 saturated carbocycles.